The highest BCUT2D eigenvalue weighted by Gasteiger charge is 2.13. The Bertz CT molecular complexity index is 380. The van der Waals surface area contributed by atoms with E-state index in [0.717, 1.165) is 6.07 Å². The van der Waals surface area contributed by atoms with E-state index in [1.807, 2.05) is 6.92 Å². The van der Waals surface area contributed by atoms with Gasteiger partial charge in [-0.15, -0.1) is 0 Å². The molecule has 0 aliphatic rings. The third-order valence-corrected chi connectivity index (χ3v) is 1.87. The van der Waals surface area contributed by atoms with E-state index in [2.05, 4.69) is 5.32 Å². The van der Waals surface area contributed by atoms with Crippen molar-refractivity contribution in [3.63, 3.8) is 0 Å². The first-order valence-electron chi connectivity index (χ1n) is 4.59. The fourth-order valence-electron chi connectivity index (χ4n) is 1.12. The Morgan fingerprint density at radius 3 is 2.73 bits per heavy atom. The zero-order chi connectivity index (χ0) is 11.4. The molecule has 0 spiro atoms. The van der Waals surface area contributed by atoms with Crippen LogP contribution in [0.4, 0.5) is 20.2 Å². The molecule has 1 rings (SSSR count). The van der Waals surface area contributed by atoms with E-state index in [-0.39, 0.29) is 23.7 Å². The quantitative estimate of drug-likeness (QED) is 0.758. The maximum Gasteiger partial charge on any atom is 0.224 e. The number of nitrogens with one attached hydrogen (secondary N) is 1. The monoisotopic (exact) mass is 214 g/mol. The molecular formula is C10H12F2N2O. The minimum atomic E-state index is -1.13. The van der Waals surface area contributed by atoms with Crippen LogP contribution in [0.15, 0.2) is 12.1 Å². The number of benzene rings is 1. The Morgan fingerprint density at radius 1 is 1.47 bits per heavy atom. The molecule has 0 saturated carbocycles. The number of rotatable bonds is 3. The van der Waals surface area contributed by atoms with Gasteiger partial charge in [0.25, 0.3) is 0 Å². The number of nitrogens with two attached hydrogens (primary N) is 1. The number of carbonyl (C=O) groups excluding carboxylic acids is 1. The standard InChI is InChI=1S/C10H12F2N2O/c1-2-3-8(15)14-10-7(13)5-4-6(11)9(10)12/h4-5H,2-3,13H2,1H3,(H,14,15). The largest absolute Gasteiger partial charge is 0.397 e. The van der Waals surface area contributed by atoms with E-state index in [1.165, 1.54) is 6.07 Å². The molecule has 0 fully saturated rings. The molecule has 3 N–H and O–H groups in total. The molecule has 1 amide bonds. The van der Waals surface area contributed by atoms with Crippen LogP contribution in [0.25, 0.3) is 0 Å². The van der Waals surface area contributed by atoms with Crippen molar-refractivity contribution in [3.05, 3.63) is 23.8 Å². The second-order valence-corrected chi connectivity index (χ2v) is 3.12. The average Bonchev–Trinajstić information content (AvgIpc) is 2.19. The summed E-state index contributed by atoms with van der Waals surface area (Å²) in [5.41, 5.74) is 5.14. The first-order valence-corrected chi connectivity index (χ1v) is 4.59. The fraction of sp³-hybridized carbons (Fsp3) is 0.300. The van der Waals surface area contributed by atoms with Crippen molar-refractivity contribution < 1.29 is 13.6 Å². The van der Waals surface area contributed by atoms with E-state index in [4.69, 9.17) is 5.73 Å². The minimum absolute atomic E-state index is 0.0124. The number of hydrogen-bond acceptors (Lipinski definition) is 2. The van der Waals surface area contributed by atoms with Crippen LogP contribution in [0.2, 0.25) is 0 Å². The summed E-state index contributed by atoms with van der Waals surface area (Å²) in [6.07, 6.45) is 0.873. The van der Waals surface area contributed by atoms with Gasteiger partial charge < -0.3 is 11.1 Å². The molecule has 0 aliphatic heterocycles. The number of anilines is 2. The van der Waals surface area contributed by atoms with Crippen LogP contribution in [0.1, 0.15) is 19.8 Å². The van der Waals surface area contributed by atoms with Crippen LogP contribution >= 0.6 is 0 Å². The van der Waals surface area contributed by atoms with Crippen LogP contribution in [-0.4, -0.2) is 5.91 Å². The Hall–Kier alpha value is -1.65. The summed E-state index contributed by atoms with van der Waals surface area (Å²) >= 11 is 0. The predicted octanol–water partition coefficient (Wildman–Crippen LogP) is 2.29. The van der Waals surface area contributed by atoms with Gasteiger partial charge in [0.2, 0.25) is 5.91 Å². The highest BCUT2D eigenvalue weighted by molar-refractivity contribution is 5.93. The van der Waals surface area contributed by atoms with Crippen molar-refractivity contribution in [2.24, 2.45) is 0 Å². The van der Waals surface area contributed by atoms with Crippen LogP contribution in [0.3, 0.4) is 0 Å². The van der Waals surface area contributed by atoms with Gasteiger partial charge in [0, 0.05) is 6.42 Å². The van der Waals surface area contributed by atoms with E-state index >= 15 is 0 Å². The smallest absolute Gasteiger partial charge is 0.224 e. The maximum atomic E-state index is 13.2. The SMILES string of the molecule is CCCC(=O)Nc1c(N)ccc(F)c1F. The molecule has 82 valence electrons. The van der Waals surface area contributed by atoms with Gasteiger partial charge in [-0.1, -0.05) is 6.92 Å². The molecule has 15 heavy (non-hydrogen) atoms. The molecule has 3 nitrogen and oxygen atoms in total. The summed E-state index contributed by atoms with van der Waals surface area (Å²) in [5.74, 6) is -2.54. The lowest BCUT2D eigenvalue weighted by atomic mass is 10.2. The Morgan fingerprint density at radius 2 is 2.13 bits per heavy atom. The number of nitrogen functional groups attached to an aromatic ring is 1. The topological polar surface area (TPSA) is 55.1 Å². The van der Waals surface area contributed by atoms with Gasteiger partial charge in [0.1, 0.15) is 5.69 Å². The second kappa shape index (κ2) is 4.72. The fourth-order valence-corrected chi connectivity index (χ4v) is 1.12. The second-order valence-electron chi connectivity index (χ2n) is 3.12. The first kappa shape index (κ1) is 11.4. The van der Waals surface area contributed by atoms with Gasteiger partial charge in [-0.05, 0) is 18.6 Å². The highest BCUT2D eigenvalue weighted by atomic mass is 19.2. The summed E-state index contributed by atoms with van der Waals surface area (Å²) in [7, 11) is 0. The predicted molar refractivity (Wildman–Crippen MR) is 54.3 cm³/mol. The van der Waals surface area contributed by atoms with Gasteiger partial charge in [0.15, 0.2) is 11.6 Å². The zero-order valence-electron chi connectivity index (χ0n) is 8.31. The van der Waals surface area contributed by atoms with E-state index in [0.29, 0.717) is 6.42 Å². The van der Waals surface area contributed by atoms with Gasteiger partial charge >= 0.3 is 0 Å². The Kier molecular flexibility index (Phi) is 3.60. The third kappa shape index (κ3) is 2.65. The maximum absolute atomic E-state index is 13.2. The molecule has 0 radical (unpaired) electrons. The van der Waals surface area contributed by atoms with Gasteiger partial charge in [-0.3, -0.25) is 4.79 Å². The summed E-state index contributed by atoms with van der Waals surface area (Å²) in [4.78, 5) is 11.2. The summed E-state index contributed by atoms with van der Waals surface area (Å²) in [6, 6.07) is 2.13. The number of halogens is 2. The van der Waals surface area contributed by atoms with Crippen LogP contribution in [0.5, 0.6) is 0 Å². The molecular weight excluding hydrogens is 202 g/mol. The molecule has 0 aromatic heterocycles. The minimum Gasteiger partial charge on any atom is -0.397 e. The van der Waals surface area contributed by atoms with Crippen molar-refractivity contribution in [1.29, 1.82) is 0 Å². The summed E-state index contributed by atoms with van der Waals surface area (Å²) in [6.45, 7) is 1.81. The summed E-state index contributed by atoms with van der Waals surface area (Å²) < 4.78 is 26.0. The lowest BCUT2D eigenvalue weighted by molar-refractivity contribution is -0.116. The third-order valence-electron chi connectivity index (χ3n) is 1.87. The van der Waals surface area contributed by atoms with Crippen molar-refractivity contribution >= 4 is 17.3 Å². The molecule has 0 atom stereocenters. The van der Waals surface area contributed by atoms with Crippen molar-refractivity contribution in [3.8, 4) is 0 Å². The Balaban J connectivity index is 2.93. The van der Waals surface area contributed by atoms with Crippen molar-refractivity contribution in [2.45, 2.75) is 19.8 Å². The van der Waals surface area contributed by atoms with Gasteiger partial charge in [-0.2, -0.15) is 0 Å². The number of amides is 1. The Labute approximate surface area is 86.3 Å². The van der Waals surface area contributed by atoms with E-state index in [1.54, 1.807) is 0 Å². The molecule has 0 bridgehead atoms. The van der Waals surface area contributed by atoms with E-state index < -0.39 is 11.6 Å². The van der Waals surface area contributed by atoms with Crippen molar-refractivity contribution in [2.75, 3.05) is 11.1 Å². The highest BCUT2D eigenvalue weighted by Crippen LogP contribution is 2.24. The van der Waals surface area contributed by atoms with Crippen LogP contribution in [0, 0.1) is 11.6 Å². The molecule has 0 unspecified atom stereocenters. The lowest BCUT2D eigenvalue weighted by Crippen LogP contribution is -2.14. The normalized spacial score (nSPS) is 10.1. The zero-order valence-corrected chi connectivity index (χ0v) is 8.31. The lowest BCUT2D eigenvalue weighted by Gasteiger charge is -2.08. The van der Waals surface area contributed by atoms with Gasteiger partial charge in [0.05, 0.1) is 5.69 Å². The molecule has 5 heteroatoms. The molecule has 0 heterocycles. The molecule has 1 aromatic carbocycles. The first-order chi connectivity index (χ1) is 7.06. The van der Waals surface area contributed by atoms with Crippen LogP contribution in [-0.2, 0) is 4.79 Å². The molecule has 1 aromatic rings. The van der Waals surface area contributed by atoms with Gasteiger partial charge in [-0.25, -0.2) is 8.78 Å². The molecule has 0 aliphatic carbocycles. The summed E-state index contributed by atoms with van der Waals surface area (Å²) in [5, 5.41) is 2.24. The van der Waals surface area contributed by atoms with Crippen molar-refractivity contribution in [1.82, 2.24) is 0 Å². The average molecular weight is 214 g/mol. The number of hydrogen-bond donors (Lipinski definition) is 2. The molecule has 0 saturated heterocycles. The van der Waals surface area contributed by atoms with E-state index in [9.17, 15) is 13.6 Å². The number of carbonyl (C=O) groups is 1. The van der Waals surface area contributed by atoms with Crippen LogP contribution < -0.4 is 11.1 Å².